The largest absolute Gasteiger partial charge is 0.493 e. The molecule has 5 amide bonds. The van der Waals surface area contributed by atoms with Gasteiger partial charge in [-0.2, -0.15) is 0 Å². The Morgan fingerprint density at radius 2 is 0.783 bits per heavy atom. The first-order chi connectivity index (χ1) is 33.3. The van der Waals surface area contributed by atoms with E-state index in [1.165, 1.54) is 62.3 Å². The number of carbonyl (C=O) groups is 5. The van der Waals surface area contributed by atoms with Gasteiger partial charge in [0.25, 0.3) is 0 Å². The number of ether oxygens (including phenoxy) is 7. The minimum Gasteiger partial charge on any atom is -0.493 e. The second-order valence-electron chi connectivity index (χ2n) is 16.2. The first kappa shape index (κ1) is 55.2. The van der Waals surface area contributed by atoms with Gasteiger partial charge in [-0.25, -0.2) is 0 Å². The number of benzene rings is 3. The standard InChI is InChI=1S/C48H71N9O12/c1-63-38-12-9-35(23-41(38)66-4)26-55-21-22-69-34-52(20-17-51)29-44(58)56(27-36-10-13-39(64-2)42(24-36)67-5)32-46(60)54(19-8-16-50)31-48(62)57(28-37-11-14-40(65-3)43(25-37)68-6)33-47(61)53(18-7-15-49)30-45(55)59/h9-14,23-25H,7-8,15-22,26-34,49-51H2,1-6H3. The van der Waals surface area contributed by atoms with E-state index in [0.29, 0.717) is 58.5 Å². The first-order valence-electron chi connectivity index (χ1n) is 22.8. The van der Waals surface area contributed by atoms with E-state index in [-0.39, 0.29) is 91.9 Å². The molecule has 0 saturated carbocycles. The zero-order chi connectivity index (χ0) is 50.3. The zero-order valence-corrected chi connectivity index (χ0v) is 40.9. The summed E-state index contributed by atoms with van der Waals surface area (Å²) >= 11 is 0. The minimum atomic E-state index is -0.567. The van der Waals surface area contributed by atoms with Gasteiger partial charge in [-0.15, -0.1) is 0 Å². The van der Waals surface area contributed by atoms with Crippen molar-refractivity contribution in [2.75, 3.05) is 135 Å². The van der Waals surface area contributed by atoms with E-state index in [9.17, 15) is 24.0 Å². The Hall–Kier alpha value is -6.39. The van der Waals surface area contributed by atoms with Crippen molar-refractivity contribution in [1.82, 2.24) is 29.4 Å². The van der Waals surface area contributed by atoms with E-state index in [0.717, 1.165) is 5.56 Å². The second kappa shape index (κ2) is 28.8. The van der Waals surface area contributed by atoms with Crippen molar-refractivity contribution >= 4 is 29.5 Å². The summed E-state index contributed by atoms with van der Waals surface area (Å²) in [7, 11) is 9.05. The molecule has 0 spiro atoms. The van der Waals surface area contributed by atoms with Crippen LogP contribution in [0.15, 0.2) is 54.6 Å². The van der Waals surface area contributed by atoms with Crippen molar-refractivity contribution in [3.05, 3.63) is 71.3 Å². The Balaban J connectivity index is 1.81. The van der Waals surface area contributed by atoms with Crippen LogP contribution in [0, 0.1) is 0 Å². The first-order valence-corrected chi connectivity index (χ1v) is 22.8. The van der Waals surface area contributed by atoms with E-state index < -0.39 is 49.2 Å². The lowest BCUT2D eigenvalue weighted by Gasteiger charge is -2.33. The van der Waals surface area contributed by atoms with Crippen LogP contribution in [0.4, 0.5) is 0 Å². The topological polar surface area (TPSA) is 247 Å². The molecule has 0 aromatic heterocycles. The molecule has 0 unspecified atom stereocenters. The maximum Gasteiger partial charge on any atom is 0.242 e. The summed E-state index contributed by atoms with van der Waals surface area (Å²) in [5.74, 6) is 0.322. The van der Waals surface area contributed by atoms with E-state index in [1.54, 1.807) is 58.3 Å². The predicted octanol–water partition coefficient (Wildman–Crippen LogP) is 0.728. The number of nitrogens with zero attached hydrogens (tertiary/aromatic N) is 6. The van der Waals surface area contributed by atoms with Crippen LogP contribution in [-0.4, -0.2) is 193 Å². The van der Waals surface area contributed by atoms with Crippen LogP contribution in [0.1, 0.15) is 29.5 Å². The molecule has 0 atom stereocenters. The maximum atomic E-state index is 14.7. The third-order valence-electron chi connectivity index (χ3n) is 11.4. The fourth-order valence-corrected chi connectivity index (χ4v) is 7.59. The molecule has 21 heteroatoms. The molecule has 4 rings (SSSR count). The molecule has 3 aromatic carbocycles. The van der Waals surface area contributed by atoms with Crippen molar-refractivity contribution in [3.63, 3.8) is 0 Å². The van der Waals surface area contributed by atoms with E-state index in [2.05, 4.69) is 0 Å². The molecule has 1 fully saturated rings. The quantitative estimate of drug-likeness (QED) is 0.141. The van der Waals surface area contributed by atoms with Crippen molar-refractivity contribution in [2.45, 2.75) is 32.5 Å². The summed E-state index contributed by atoms with van der Waals surface area (Å²) in [4.78, 5) is 81.3. The molecule has 69 heavy (non-hydrogen) atoms. The fraction of sp³-hybridized carbons (Fsp3) is 0.521. The lowest BCUT2D eigenvalue weighted by Crippen LogP contribution is -2.52. The molecule has 0 aliphatic carbocycles. The molecular formula is C48H71N9O12. The van der Waals surface area contributed by atoms with E-state index in [1.807, 2.05) is 6.07 Å². The van der Waals surface area contributed by atoms with Crippen LogP contribution < -0.4 is 45.6 Å². The highest BCUT2D eigenvalue weighted by Gasteiger charge is 2.30. The predicted molar refractivity (Wildman–Crippen MR) is 257 cm³/mol. The third kappa shape index (κ3) is 16.7. The molecule has 21 nitrogen and oxygen atoms in total. The van der Waals surface area contributed by atoms with Gasteiger partial charge in [0, 0.05) is 52.4 Å². The Morgan fingerprint density at radius 3 is 1.16 bits per heavy atom. The lowest BCUT2D eigenvalue weighted by atomic mass is 10.1. The molecular weight excluding hydrogens is 895 g/mol. The number of nitrogens with two attached hydrogens (primary N) is 3. The number of amides is 5. The molecule has 1 heterocycles. The molecule has 1 aliphatic rings. The highest BCUT2D eigenvalue weighted by Crippen LogP contribution is 2.30. The SMILES string of the molecule is COc1ccc(CN2CCOCN(CCN)CC(=O)N(Cc3ccc(OC)c(OC)c3)CC(=O)N(CCCN)CC(=O)N(Cc3ccc(OC)c(OC)c3)CC(=O)N(CCCN)CC2=O)cc1OC. The van der Waals surface area contributed by atoms with Crippen LogP contribution in [0.3, 0.4) is 0 Å². The highest BCUT2D eigenvalue weighted by atomic mass is 16.5. The molecule has 3 aromatic rings. The Labute approximate surface area is 405 Å². The molecule has 1 saturated heterocycles. The average molecular weight is 966 g/mol. The van der Waals surface area contributed by atoms with Crippen LogP contribution in [0.5, 0.6) is 34.5 Å². The number of hydrogen-bond acceptors (Lipinski definition) is 16. The number of carbonyl (C=O) groups excluding carboxylic acids is 5. The van der Waals surface area contributed by atoms with E-state index >= 15 is 0 Å². The van der Waals surface area contributed by atoms with Gasteiger partial charge in [-0.3, -0.25) is 28.9 Å². The lowest BCUT2D eigenvalue weighted by molar-refractivity contribution is -0.148. The Kier molecular flexibility index (Phi) is 23.1. The summed E-state index contributed by atoms with van der Waals surface area (Å²) in [6.07, 6.45) is 0.714. The summed E-state index contributed by atoms with van der Waals surface area (Å²) in [5, 5.41) is 0. The minimum absolute atomic E-state index is 0.00724. The van der Waals surface area contributed by atoms with Crippen molar-refractivity contribution in [2.24, 2.45) is 17.2 Å². The van der Waals surface area contributed by atoms with Gasteiger partial charge in [0.15, 0.2) is 34.5 Å². The van der Waals surface area contributed by atoms with Gasteiger partial charge < -0.3 is 74.9 Å². The van der Waals surface area contributed by atoms with Gasteiger partial charge in [-0.05, 0) is 79.0 Å². The summed E-state index contributed by atoms with van der Waals surface area (Å²) in [6.45, 7) is -0.577. The van der Waals surface area contributed by atoms with Crippen LogP contribution in [0.25, 0.3) is 0 Å². The van der Waals surface area contributed by atoms with Crippen molar-refractivity contribution < 1.29 is 57.1 Å². The normalized spacial score (nSPS) is 15.7. The van der Waals surface area contributed by atoms with Crippen molar-refractivity contribution in [3.8, 4) is 34.5 Å². The number of methoxy groups -OCH3 is 6. The van der Waals surface area contributed by atoms with Gasteiger partial charge in [-0.1, -0.05) is 18.2 Å². The van der Waals surface area contributed by atoms with Crippen LogP contribution in [-0.2, 0) is 48.3 Å². The third-order valence-corrected chi connectivity index (χ3v) is 11.4. The van der Waals surface area contributed by atoms with Crippen molar-refractivity contribution in [1.29, 1.82) is 0 Å². The molecule has 380 valence electrons. The number of hydrogen-bond donors (Lipinski definition) is 3. The summed E-state index contributed by atoms with van der Waals surface area (Å²) in [5.41, 5.74) is 19.9. The smallest absolute Gasteiger partial charge is 0.242 e. The van der Waals surface area contributed by atoms with E-state index in [4.69, 9.17) is 50.4 Å². The Bertz CT molecular complexity index is 2150. The number of rotatable bonds is 20. The van der Waals surface area contributed by atoms with Gasteiger partial charge >= 0.3 is 0 Å². The monoisotopic (exact) mass is 966 g/mol. The maximum absolute atomic E-state index is 14.7. The fourth-order valence-electron chi connectivity index (χ4n) is 7.59. The highest BCUT2D eigenvalue weighted by molar-refractivity contribution is 5.91. The zero-order valence-electron chi connectivity index (χ0n) is 40.9. The molecule has 6 N–H and O–H groups in total. The summed E-state index contributed by atoms with van der Waals surface area (Å²) < 4.78 is 39.0. The van der Waals surface area contributed by atoms with Crippen LogP contribution in [0.2, 0.25) is 0 Å². The summed E-state index contributed by atoms with van der Waals surface area (Å²) in [6, 6.07) is 15.6. The van der Waals surface area contributed by atoms with Gasteiger partial charge in [0.05, 0.1) is 75.6 Å². The second-order valence-corrected chi connectivity index (χ2v) is 16.2. The van der Waals surface area contributed by atoms with Gasteiger partial charge in [0.2, 0.25) is 29.5 Å². The molecule has 1 aliphatic heterocycles. The average Bonchev–Trinajstić information content (AvgIpc) is 3.35. The van der Waals surface area contributed by atoms with Gasteiger partial charge in [0.1, 0.15) is 13.1 Å². The van der Waals surface area contributed by atoms with Crippen LogP contribution >= 0.6 is 0 Å². The molecule has 0 bridgehead atoms. The Morgan fingerprint density at radius 1 is 0.435 bits per heavy atom. The molecule has 0 radical (unpaired) electrons.